The number of carbonyl (C=O) groups excluding carboxylic acids is 2. The van der Waals surface area contributed by atoms with Crippen LogP contribution in [0.5, 0.6) is 5.88 Å². The van der Waals surface area contributed by atoms with E-state index in [0.29, 0.717) is 45.8 Å². The van der Waals surface area contributed by atoms with Crippen LogP contribution >= 0.6 is 0 Å². The van der Waals surface area contributed by atoms with Gasteiger partial charge in [-0.05, 0) is 99.2 Å². The Hall–Kier alpha value is -9.02. The van der Waals surface area contributed by atoms with Crippen molar-refractivity contribution in [3.05, 3.63) is 137 Å². The van der Waals surface area contributed by atoms with Gasteiger partial charge in [0.25, 0.3) is 11.8 Å². The molecule has 19 nitrogen and oxygen atoms in total. The summed E-state index contributed by atoms with van der Waals surface area (Å²) in [7, 11) is 4.98. The van der Waals surface area contributed by atoms with Crippen molar-refractivity contribution in [1.82, 2.24) is 44.3 Å². The maximum atomic E-state index is 14.2. The van der Waals surface area contributed by atoms with Crippen molar-refractivity contribution in [3.63, 3.8) is 0 Å². The van der Waals surface area contributed by atoms with Crippen LogP contribution in [-0.2, 0) is 44.3 Å². The van der Waals surface area contributed by atoms with Crippen LogP contribution in [-0.4, -0.2) is 88.5 Å². The lowest BCUT2D eigenvalue weighted by molar-refractivity contribution is -0.769. The van der Waals surface area contributed by atoms with Crippen molar-refractivity contribution in [2.75, 3.05) is 35.4 Å². The Morgan fingerprint density at radius 3 is 2.11 bits per heavy atom. The minimum atomic E-state index is -4.72. The highest BCUT2D eigenvalue weighted by molar-refractivity contribution is 6.11. The van der Waals surface area contributed by atoms with Gasteiger partial charge in [0, 0.05) is 49.0 Å². The third kappa shape index (κ3) is 8.52. The molecule has 5 aromatic heterocycles. The predicted octanol–water partition coefficient (Wildman–Crippen LogP) is 6.57. The third-order valence-corrected chi connectivity index (χ3v) is 13.2. The predicted molar refractivity (Wildman–Crippen MR) is 254 cm³/mol. The summed E-state index contributed by atoms with van der Waals surface area (Å²) in [6.07, 6.45) is -4.43. The van der Waals surface area contributed by atoms with Gasteiger partial charge < -0.3 is 20.5 Å². The van der Waals surface area contributed by atoms with Crippen molar-refractivity contribution in [2.45, 2.75) is 44.0 Å². The van der Waals surface area contributed by atoms with Crippen LogP contribution in [0.4, 0.5) is 43.8 Å². The van der Waals surface area contributed by atoms with Gasteiger partial charge in [-0.2, -0.15) is 41.7 Å². The van der Waals surface area contributed by atoms with Crippen molar-refractivity contribution >= 4 is 29.3 Å². The number of rotatable bonds is 13. The van der Waals surface area contributed by atoms with Crippen LogP contribution < -0.4 is 30.4 Å². The summed E-state index contributed by atoms with van der Waals surface area (Å²) in [6.45, 7) is -0.690. The number of nitrogens with one attached hydrogen (secondary N) is 1. The zero-order valence-corrected chi connectivity index (χ0v) is 39.7. The number of aryl methyl sites for hydroxylation is 2. The molecular formula is C50H40F6N15O4+. The molecule has 380 valence electrons. The zero-order chi connectivity index (χ0) is 52.7. The maximum Gasteiger partial charge on any atom is 0.416 e. The first-order valence-corrected chi connectivity index (χ1v) is 23.1. The SMILES string of the molecule is CO[C@H]1C[C@@H]1Nc1cc(-c2cc(C#N)ccc2-c2nncn2-[n+]2ncn(C)c2-c2cnn(C)c2-c2cc(OCCN)nc(N3Cc4c(cccc4C(F)(F)F)C3=O)c2)cc(N2Cc3c(cccc3C(F)(F)F)C2=O)n1. The Kier molecular flexibility index (Phi) is 11.7. The molecule has 1 fully saturated rings. The second-order valence-corrected chi connectivity index (χ2v) is 17.8. The van der Waals surface area contributed by atoms with E-state index in [-0.39, 0.29) is 82.3 Å². The lowest BCUT2D eigenvalue weighted by Crippen LogP contribution is -2.46. The van der Waals surface area contributed by atoms with Crippen molar-refractivity contribution in [3.8, 4) is 57.1 Å². The molecule has 25 heteroatoms. The highest BCUT2D eigenvalue weighted by Crippen LogP contribution is 2.43. The fourth-order valence-electron chi connectivity index (χ4n) is 9.60. The number of hydrogen-bond acceptors (Lipinski definition) is 13. The Balaban J connectivity index is 1.01. The van der Waals surface area contributed by atoms with E-state index in [2.05, 4.69) is 31.7 Å². The number of aromatic nitrogens is 10. The average molecular weight is 1030 g/mol. The number of nitriles is 1. The molecule has 2 aliphatic heterocycles. The van der Waals surface area contributed by atoms with Gasteiger partial charge >= 0.3 is 18.2 Å². The van der Waals surface area contributed by atoms with E-state index in [0.717, 1.165) is 17.0 Å². The second-order valence-electron chi connectivity index (χ2n) is 17.8. The molecule has 1 saturated carbocycles. The number of alkyl halides is 6. The number of anilines is 3. The van der Waals surface area contributed by atoms with Gasteiger partial charge in [0.1, 0.15) is 29.6 Å². The maximum absolute atomic E-state index is 14.2. The van der Waals surface area contributed by atoms with Crippen LogP contribution in [0, 0.1) is 11.3 Å². The van der Waals surface area contributed by atoms with Crippen molar-refractivity contribution in [2.24, 2.45) is 19.8 Å². The van der Waals surface area contributed by atoms with Gasteiger partial charge in [-0.15, -0.1) is 14.9 Å². The lowest BCUT2D eigenvalue weighted by Gasteiger charge is -2.19. The molecular weight excluding hydrogens is 989 g/mol. The van der Waals surface area contributed by atoms with E-state index in [4.69, 9.17) is 25.3 Å². The number of carbonyl (C=O) groups is 2. The molecule has 8 aromatic rings. The van der Waals surface area contributed by atoms with E-state index in [1.165, 1.54) is 51.3 Å². The number of benzene rings is 3. The summed E-state index contributed by atoms with van der Waals surface area (Å²) in [4.78, 5) is 40.9. The number of amides is 2. The molecule has 75 heavy (non-hydrogen) atoms. The molecule has 3 aromatic carbocycles. The van der Waals surface area contributed by atoms with E-state index >= 15 is 0 Å². The number of pyridine rings is 2. The van der Waals surface area contributed by atoms with E-state index in [9.17, 15) is 41.2 Å². The average Bonchev–Trinajstić information content (AvgIpc) is 3.90. The Labute approximate surface area is 421 Å². The molecule has 2 amide bonds. The molecule has 3 N–H and O–H groups in total. The summed E-state index contributed by atoms with van der Waals surface area (Å²) in [5.41, 5.74) is 6.13. The number of nitrogens with two attached hydrogens (primary N) is 1. The number of ether oxygens (including phenoxy) is 2. The summed E-state index contributed by atoms with van der Waals surface area (Å²) in [5, 5.41) is 31.6. The molecule has 0 spiro atoms. The van der Waals surface area contributed by atoms with Crippen LogP contribution in [0.2, 0.25) is 0 Å². The molecule has 2 atom stereocenters. The minimum Gasteiger partial charge on any atom is -0.476 e. The molecule has 0 saturated heterocycles. The van der Waals surface area contributed by atoms with Gasteiger partial charge in [0.05, 0.1) is 66.9 Å². The van der Waals surface area contributed by atoms with Gasteiger partial charge in [-0.25, -0.2) is 9.55 Å². The zero-order valence-electron chi connectivity index (χ0n) is 39.7. The molecule has 0 radical (unpaired) electrons. The largest absolute Gasteiger partial charge is 0.476 e. The molecule has 1 aliphatic carbocycles. The van der Waals surface area contributed by atoms with Gasteiger partial charge in [-0.1, -0.05) is 12.1 Å². The molecule has 3 aliphatic rings. The van der Waals surface area contributed by atoms with Crippen molar-refractivity contribution < 1.29 is 50.2 Å². The van der Waals surface area contributed by atoms with Gasteiger partial charge in [0.2, 0.25) is 18.0 Å². The summed E-state index contributed by atoms with van der Waals surface area (Å²) in [5.74, 6) is -0.395. The number of hydrogen-bond donors (Lipinski definition) is 2. The van der Waals surface area contributed by atoms with E-state index < -0.39 is 48.4 Å². The van der Waals surface area contributed by atoms with Gasteiger partial charge in [-0.3, -0.25) is 24.1 Å². The quantitative estimate of drug-likeness (QED) is 0.0924. The number of halogens is 6. The highest BCUT2D eigenvalue weighted by Gasteiger charge is 2.43. The number of fused-ring (bicyclic) bond motifs is 2. The first kappa shape index (κ1) is 48.3. The summed E-state index contributed by atoms with van der Waals surface area (Å²) >= 11 is 0. The highest BCUT2D eigenvalue weighted by atomic mass is 19.4. The Morgan fingerprint density at radius 2 is 1.48 bits per heavy atom. The van der Waals surface area contributed by atoms with Gasteiger partial charge in [0.15, 0.2) is 6.33 Å². The minimum absolute atomic E-state index is 0.00582. The van der Waals surface area contributed by atoms with E-state index in [1.54, 1.807) is 79.1 Å². The summed E-state index contributed by atoms with van der Waals surface area (Å²) < 4.78 is 101. The van der Waals surface area contributed by atoms with Crippen molar-refractivity contribution in [1.29, 1.82) is 5.26 Å². The Morgan fingerprint density at radius 1 is 0.813 bits per heavy atom. The second kappa shape index (κ2) is 18.2. The molecule has 0 unspecified atom stereocenters. The third-order valence-electron chi connectivity index (χ3n) is 13.2. The lowest BCUT2D eigenvalue weighted by atomic mass is 9.97. The first-order chi connectivity index (χ1) is 35.9. The van der Waals surface area contributed by atoms with Crippen LogP contribution in [0.15, 0.2) is 97.7 Å². The summed E-state index contributed by atoms with van der Waals surface area (Å²) in [6, 6.07) is 20.2. The number of methoxy groups -OCH3 is 1. The standard InChI is InChI=1S/C50H40F6N15O4/c1-66-25-61-71(46(66)33-21-60-67(2)44(33)28-17-42(64-43(18-28)75-13-12-57)69-23-35-31(48(69)73)7-5-9-37(35)50(54,55)56)70-24-59-65-45(70)29-11-10-26(20-58)14-32(29)27-15-40(62-38-19-39(38)74-3)63-41(16-27)68-22-34-30(47(68)72)6-4-8-36(34)49(51,52)53/h4-11,14-18,21,24-25,38-39H,12-13,19,22-23,57H2,1-3H3,(H,62,63)/q+1/t38-,39-/m0/s1. The molecule has 11 rings (SSSR count). The monoisotopic (exact) mass is 1030 g/mol. The normalized spacial score (nSPS) is 16.1. The fraction of sp³-hybridized carbons (Fsp3) is 0.240. The smallest absolute Gasteiger partial charge is 0.416 e. The molecule has 0 bridgehead atoms. The van der Waals surface area contributed by atoms with Crippen LogP contribution in [0.25, 0.3) is 45.2 Å². The van der Waals surface area contributed by atoms with E-state index in [1.807, 2.05) is 0 Å². The topological polar surface area (TPSA) is 217 Å². The van der Waals surface area contributed by atoms with Crippen LogP contribution in [0.1, 0.15) is 55.0 Å². The van der Waals surface area contributed by atoms with Crippen LogP contribution in [0.3, 0.4) is 0 Å². The first-order valence-electron chi connectivity index (χ1n) is 23.1. The fourth-order valence-corrected chi connectivity index (χ4v) is 9.60. The Bertz CT molecular complexity index is 3670. The molecule has 7 heterocycles. The number of nitrogens with zero attached hydrogens (tertiary/aromatic N) is 13.